The molecule has 0 saturated carbocycles. The molecule has 33 heavy (non-hydrogen) atoms. The summed E-state index contributed by atoms with van der Waals surface area (Å²) in [6.07, 6.45) is 1.52. The second kappa shape index (κ2) is 15.6. The molecule has 0 atom stereocenters. The Bertz CT molecular complexity index is 527. The lowest BCUT2D eigenvalue weighted by molar-refractivity contribution is 0.0861. The fourth-order valence-corrected chi connectivity index (χ4v) is 9.77. The lowest BCUT2D eigenvalue weighted by Gasteiger charge is -2.35. The molecule has 0 saturated heterocycles. The maximum Gasteiger partial charge on any atom is 0.493 e. The number of nitrogens with zero attached hydrogens (tertiary/aromatic N) is 6. The van der Waals surface area contributed by atoms with E-state index in [0.29, 0.717) is 25.2 Å². The van der Waals surface area contributed by atoms with Gasteiger partial charge in [-0.15, -0.1) is 0 Å². The molecule has 0 aliphatic carbocycles. The molecule has 0 bridgehead atoms. The van der Waals surface area contributed by atoms with Crippen molar-refractivity contribution >= 4 is 29.5 Å². The first-order chi connectivity index (χ1) is 15.4. The van der Waals surface area contributed by atoms with Crippen molar-refractivity contribution in [1.82, 2.24) is 19.6 Å². The zero-order valence-electron chi connectivity index (χ0n) is 23.0. The number of guanidine groups is 2. The molecule has 0 aromatic rings. The number of aliphatic imine (C=N–C) groups is 2. The first-order valence-corrected chi connectivity index (χ1v) is 15.0. The van der Waals surface area contributed by atoms with Crippen LogP contribution < -0.4 is 0 Å². The smallest absolute Gasteiger partial charge is 0.377 e. The van der Waals surface area contributed by atoms with Crippen LogP contribution in [0.15, 0.2) is 9.98 Å². The van der Waals surface area contributed by atoms with Crippen LogP contribution >= 0.6 is 0 Å². The second-order valence-corrected chi connectivity index (χ2v) is 14.6. The molecule has 0 unspecified atom stereocenters. The average Bonchev–Trinajstić information content (AvgIpc) is 2.75. The van der Waals surface area contributed by atoms with E-state index in [1.54, 1.807) is 28.4 Å². The van der Waals surface area contributed by atoms with E-state index >= 15 is 0 Å². The first kappa shape index (κ1) is 31.8. The average molecular weight is 509 g/mol. The van der Waals surface area contributed by atoms with Gasteiger partial charge in [-0.1, -0.05) is 0 Å². The van der Waals surface area contributed by atoms with E-state index in [1.807, 2.05) is 76.0 Å². The summed E-state index contributed by atoms with van der Waals surface area (Å²) in [6, 6.07) is 1.23. The van der Waals surface area contributed by atoms with Crippen molar-refractivity contribution in [2.45, 2.75) is 24.9 Å². The molecule has 0 aliphatic heterocycles. The SMILES string of the molecule is CO[Si](CCCN=C(N(C)C)N(C)C)(OC)O[Si](CCCN=C(N(C)C)N(C)C)(OC)OC. The first-order valence-electron chi connectivity index (χ1n) is 11.1. The fraction of sp³-hybridized carbons (Fsp3) is 0.900. The maximum absolute atomic E-state index is 6.48. The van der Waals surface area contributed by atoms with Gasteiger partial charge in [-0.05, 0) is 12.8 Å². The monoisotopic (exact) mass is 508 g/mol. The van der Waals surface area contributed by atoms with Crippen molar-refractivity contribution in [1.29, 1.82) is 0 Å². The summed E-state index contributed by atoms with van der Waals surface area (Å²) in [4.78, 5) is 17.3. The van der Waals surface area contributed by atoms with Crippen LogP contribution in [0.4, 0.5) is 0 Å². The maximum atomic E-state index is 6.48. The van der Waals surface area contributed by atoms with E-state index in [9.17, 15) is 0 Å². The molecule has 0 rings (SSSR count). The number of rotatable bonds is 14. The fourth-order valence-electron chi connectivity index (χ4n) is 3.40. The van der Waals surface area contributed by atoms with E-state index in [1.165, 1.54) is 0 Å². The predicted octanol–water partition coefficient (Wildman–Crippen LogP) is 1.21. The van der Waals surface area contributed by atoms with E-state index in [0.717, 1.165) is 24.8 Å². The van der Waals surface area contributed by atoms with Crippen LogP contribution in [0.5, 0.6) is 0 Å². The Hall–Kier alpha value is -1.23. The van der Waals surface area contributed by atoms with Gasteiger partial charge in [-0.3, -0.25) is 9.98 Å². The van der Waals surface area contributed by atoms with Gasteiger partial charge < -0.3 is 41.4 Å². The highest BCUT2D eigenvalue weighted by atomic mass is 28.5. The van der Waals surface area contributed by atoms with Gasteiger partial charge in [0.15, 0.2) is 11.9 Å². The van der Waals surface area contributed by atoms with Crippen LogP contribution in [-0.2, 0) is 21.8 Å². The van der Waals surface area contributed by atoms with E-state index < -0.39 is 17.6 Å². The Morgan fingerprint density at radius 3 is 1.03 bits per heavy atom. The van der Waals surface area contributed by atoms with Gasteiger partial charge in [0.05, 0.1) is 0 Å². The van der Waals surface area contributed by atoms with Crippen LogP contribution in [-0.4, -0.2) is 147 Å². The van der Waals surface area contributed by atoms with Gasteiger partial charge in [-0.25, -0.2) is 0 Å². The topological polar surface area (TPSA) is 83.8 Å². The highest BCUT2D eigenvalue weighted by Gasteiger charge is 2.51. The van der Waals surface area contributed by atoms with Crippen molar-refractivity contribution in [2.75, 3.05) is 97.9 Å². The lowest BCUT2D eigenvalue weighted by atomic mass is 10.5. The summed E-state index contributed by atoms with van der Waals surface area (Å²) in [7, 11) is 16.3. The van der Waals surface area contributed by atoms with Gasteiger partial charge in [0.2, 0.25) is 0 Å². The molecule has 0 aliphatic rings. The Balaban J connectivity index is 5.25. The molecule has 196 valence electrons. The van der Waals surface area contributed by atoms with Crippen LogP contribution in [0, 0.1) is 0 Å². The molecule has 0 heterocycles. The third kappa shape index (κ3) is 10.7. The van der Waals surface area contributed by atoms with Crippen LogP contribution in [0.1, 0.15) is 12.8 Å². The van der Waals surface area contributed by atoms with Crippen LogP contribution in [0.3, 0.4) is 0 Å². The van der Waals surface area contributed by atoms with Crippen molar-refractivity contribution in [3.05, 3.63) is 0 Å². The molecule has 0 aromatic carbocycles. The Morgan fingerprint density at radius 2 is 0.818 bits per heavy atom. The Morgan fingerprint density at radius 1 is 0.545 bits per heavy atom. The van der Waals surface area contributed by atoms with E-state index in [2.05, 4.69) is 9.98 Å². The summed E-state index contributed by atoms with van der Waals surface area (Å²) in [5.41, 5.74) is 0. The summed E-state index contributed by atoms with van der Waals surface area (Å²) >= 11 is 0. The minimum absolute atomic E-state index is 0.614. The molecule has 0 fully saturated rings. The molecule has 0 N–H and O–H groups in total. The Kier molecular flexibility index (Phi) is 15.1. The summed E-state index contributed by atoms with van der Waals surface area (Å²) in [5, 5.41) is 0. The van der Waals surface area contributed by atoms with Gasteiger partial charge >= 0.3 is 17.6 Å². The third-order valence-electron chi connectivity index (χ3n) is 4.94. The minimum Gasteiger partial charge on any atom is -0.377 e. The van der Waals surface area contributed by atoms with Crippen LogP contribution in [0.2, 0.25) is 12.1 Å². The van der Waals surface area contributed by atoms with Gasteiger partial charge in [-0.2, -0.15) is 0 Å². The molecule has 0 spiro atoms. The van der Waals surface area contributed by atoms with Crippen LogP contribution in [0.25, 0.3) is 0 Å². The van der Waals surface area contributed by atoms with Crippen molar-refractivity contribution in [2.24, 2.45) is 9.98 Å². The Labute approximate surface area is 204 Å². The standard InChI is InChI=1S/C20H48N6O5Si2/c1-23(2)19(24(3)4)21-15-13-17-32(27-9,28-10)31-33(29-11,30-12)18-14-16-22-20(25(5)6)26(7)8/h13-18H2,1-12H3. The van der Waals surface area contributed by atoms with E-state index in [-0.39, 0.29) is 0 Å². The van der Waals surface area contributed by atoms with Gasteiger partial charge in [0.25, 0.3) is 0 Å². The molecule has 0 aromatic heterocycles. The third-order valence-corrected chi connectivity index (χ3v) is 11.9. The molecule has 0 amide bonds. The number of hydrogen-bond donors (Lipinski definition) is 0. The highest BCUT2D eigenvalue weighted by molar-refractivity contribution is 6.75. The summed E-state index contributed by atoms with van der Waals surface area (Å²) < 4.78 is 29.7. The summed E-state index contributed by atoms with van der Waals surface area (Å²) in [5.74, 6) is 1.82. The van der Waals surface area contributed by atoms with Gasteiger partial charge in [0.1, 0.15) is 0 Å². The minimum atomic E-state index is -3.00. The van der Waals surface area contributed by atoms with Crippen molar-refractivity contribution in [3.63, 3.8) is 0 Å². The highest BCUT2D eigenvalue weighted by Crippen LogP contribution is 2.26. The largest absolute Gasteiger partial charge is 0.493 e. The summed E-state index contributed by atoms with van der Waals surface area (Å²) in [6.45, 7) is 1.27. The molecule has 11 nitrogen and oxygen atoms in total. The molecular weight excluding hydrogens is 460 g/mol. The van der Waals surface area contributed by atoms with E-state index in [4.69, 9.17) is 21.8 Å². The molecular formula is C20H48N6O5Si2. The molecule has 13 heteroatoms. The predicted molar refractivity (Wildman–Crippen MR) is 139 cm³/mol. The normalized spacial score (nSPS) is 11.8. The zero-order chi connectivity index (χ0) is 25.7. The lowest BCUT2D eigenvalue weighted by Crippen LogP contribution is -2.57. The van der Waals surface area contributed by atoms with Crippen molar-refractivity contribution in [3.8, 4) is 0 Å². The zero-order valence-corrected chi connectivity index (χ0v) is 25.0. The van der Waals surface area contributed by atoms with Gasteiger partial charge in [0, 0.05) is 110 Å². The second-order valence-electron chi connectivity index (χ2n) is 8.43. The molecule has 0 radical (unpaired) electrons. The van der Waals surface area contributed by atoms with Crippen molar-refractivity contribution < 1.29 is 21.8 Å². The quantitative estimate of drug-likeness (QED) is 0.149. The number of hydrogen-bond acceptors (Lipinski definition) is 7.